The van der Waals surface area contributed by atoms with E-state index in [1.165, 1.54) is 0 Å². The molecule has 4 unspecified atom stereocenters. The lowest BCUT2D eigenvalue weighted by molar-refractivity contribution is 0.222. The van der Waals surface area contributed by atoms with Crippen molar-refractivity contribution in [3.05, 3.63) is 0 Å². The maximum absolute atomic E-state index is 7.48. The molecule has 0 bridgehead atoms. The summed E-state index contributed by atoms with van der Waals surface area (Å²) >= 11 is 0. The molecule has 0 aromatic rings. The highest BCUT2D eigenvalue weighted by Crippen LogP contribution is 2.42. The number of hydrogen-bond donors (Lipinski definition) is 0. The first-order valence-corrected chi connectivity index (χ1v) is 60.3. The van der Waals surface area contributed by atoms with Crippen LogP contribution in [-0.2, 0) is 67.7 Å². The first-order chi connectivity index (χ1) is 31.8. The SMILES string of the molecule is CO[Si]CC[Si]1(C)O[Si](C)(CC[Si]OC)O[Si](C)(CC[Si](C)(C)O[Si](C)(C)O[Si](C)(C)CC[Si]2(C)O[Si](C)(CC[Si]OC)O[Si](C)(CC[Si]OC)O[Si](C)(CC[Si]OC)O2)O[Si](C)(CC[Si]OC)O1. The van der Waals surface area contributed by atoms with Crippen LogP contribution in [0.4, 0.5) is 0 Å². The van der Waals surface area contributed by atoms with Gasteiger partial charge in [0.25, 0.3) is 0 Å². The summed E-state index contributed by atoms with van der Waals surface area (Å²) in [5.41, 5.74) is 0. The van der Waals surface area contributed by atoms with Crippen molar-refractivity contribution in [1.29, 1.82) is 0 Å². The molecule has 2 fully saturated rings. The fourth-order valence-corrected chi connectivity index (χ4v) is 84.5. The summed E-state index contributed by atoms with van der Waals surface area (Å²) in [6.07, 6.45) is 0. The van der Waals surface area contributed by atoms with Gasteiger partial charge in [0.1, 0.15) is 0 Å². The number of hydrogen-bond acceptors (Lipinski definition) is 16. The minimum atomic E-state index is -2.87. The average molecular weight is 1260 g/mol. The summed E-state index contributed by atoms with van der Waals surface area (Å²) < 4.78 is 107. The van der Waals surface area contributed by atoms with Gasteiger partial charge in [0, 0.05) is 42.7 Å². The quantitative estimate of drug-likeness (QED) is 0.0446. The van der Waals surface area contributed by atoms with Gasteiger partial charge in [-0.25, -0.2) is 0 Å². The molecule has 12 radical (unpaired) electrons. The highest BCUT2D eigenvalue weighted by Gasteiger charge is 2.59. The molecule has 16 nitrogen and oxygen atoms in total. The molecule has 0 saturated carbocycles. The molecule has 0 aromatic carbocycles. The first kappa shape index (κ1) is 68.2. The van der Waals surface area contributed by atoms with Gasteiger partial charge in [-0.15, -0.1) is 0 Å². The fourth-order valence-electron chi connectivity index (χ4n) is 9.43. The normalized spacial score (nSPS) is 33.2. The van der Waals surface area contributed by atoms with Crippen LogP contribution in [0.15, 0.2) is 0 Å². The van der Waals surface area contributed by atoms with E-state index in [0.717, 1.165) is 96.7 Å². The summed E-state index contributed by atoms with van der Waals surface area (Å²) in [6, 6.07) is 13.7. The van der Waals surface area contributed by atoms with Crippen LogP contribution in [0.5, 0.6) is 0 Å². The van der Waals surface area contributed by atoms with Crippen molar-refractivity contribution in [2.75, 3.05) is 42.7 Å². The predicted octanol–water partition coefficient (Wildman–Crippen LogP) is 8.97. The second-order valence-corrected chi connectivity index (χ2v) is 69.4. The van der Waals surface area contributed by atoms with Crippen molar-refractivity contribution < 1.29 is 67.7 Å². The zero-order valence-corrected chi connectivity index (χ0v) is 63.3. The molecule has 4 atom stereocenters. The van der Waals surface area contributed by atoms with E-state index in [1.54, 1.807) is 42.7 Å². The Morgan fingerprint density at radius 2 is 0.449 bits per heavy atom. The largest absolute Gasteiger partial charge is 0.437 e. The molecule has 2 aliphatic heterocycles. The van der Waals surface area contributed by atoms with Crippen molar-refractivity contribution in [3.63, 3.8) is 0 Å². The lowest BCUT2D eigenvalue weighted by Gasteiger charge is -2.51. The predicted molar refractivity (Wildman–Crippen MR) is 310 cm³/mol. The van der Waals surface area contributed by atoms with Crippen molar-refractivity contribution >= 4 is 152 Å². The van der Waals surface area contributed by atoms with Gasteiger partial charge >= 0.3 is 77.0 Å². The van der Waals surface area contributed by atoms with Crippen molar-refractivity contribution in [1.82, 2.24) is 0 Å². The summed E-state index contributed by atoms with van der Waals surface area (Å²) in [4.78, 5) is 0. The zero-order chi connectivity index (χ0) is 52.4. The van der Waals surface area contributed by atoms with Crippen molar-refractivity contribution in [2.24, 2.45) is 0 Å². The fraction of sp³-hybridized carbons (Fsp3) is 1.00. The van der Waals surface area contributed by atoms with Gasteiger partial charge in [-0.05, 0) is 188 Å². The van der Waals surface area contributed by atoms with Gasteiger partial charge < -0.3 is 67.7 Å². The molecule has 2 heterocycles. The van der Waals surface area contributed by atoms with E-state index >= 15 is 0 Å². The van der Waals surface area contributed by atoms with E-state index in [4.69, 9.17) is 67.7 Å². The lowest BCUT2D eigenvalue weighted by atomic mass is 10.9. The Morgan fingerprint density at radius 1 is 0.290 bits per heavy atom. The van der Waals surface area contributed by atoms with E-state index in [9.17, 15) is 0 Å². The Morgan fingerprint density at radius 3 is 0.609 bits per heavy atom. The van der Waals surface area contributed by atoms with Crippen molar-refractivity contribution in [3.8, 4) is 0 Å². The second kappa shape index (κ2) is 30.4. The monoisotopic (exact) mass is 1260 g/mol. The topological polar surface area (TPSA) is 148 Å². The van der Waals surface area contributed by atoms with Crippen LogP contribution in [0.25, 0.3) is 0 Å². The minimum absolute atomic E-state index is 0.392. The molecular weight excluding hydrogens is 1170 g/mol. The minimum Gasteiger partial charge on any atom is -0.437 e. The number of rotatable bonds is 34. The summed E-state index contributed by atoms with van der Waals surface area (Å²) in [5, 5.41) is 0. The molecule has 0 amide bonds. The van der Waals surface area contributed by atoms with E-state index in [1.807, 2.05) is 0 Å². The van der Waals surface area contributed by atoms with E-state index in [-0.39, 0.29) is 0 Å². The van der Waals surface area contributed by atoms with Gasteiger partial charge in [-0.2, -0.15) is 0 Å². The zero-order valence-electron chi connectivity index (χ0n) is 46.3. The third-order valence-electron chi connectivity index (χ3n) is 11.8. The van der Waals surface area contributed by atoms with Crippen LogP contribution in [0.3, 0.4) is 0 Å². The van der Waals surface area contributed by atoms with E-state index in [0.29, 0.717) is 58.6 Å². The molecule has 0 aromatic heterocycles. The molecule has 0 aliphatic carbocycles. The summed E-state index contributed by atoms with van der Waals surface area (Å²) in [5.74, 6) is 0. The van der Waals surface area contributed by atoms with Gasteiger partial charge in [0.05, 0.1) is 0 Å². The third-order valence-corrected chi connectivity index (χ3v) is 68.4. The molecule has 2 aliphatic rings. The standard InChI is InChI=1S/C36H92O16Si17/c1-37-53-21-27-62(13)45-64(15,29-23-55-39-3)49-68(19,50-65(16,46-62)30-24-56-40-4)35-33-59(7,8)43-61(11,12)44-60(9,10)34-36-69(20)51-66(17,31-25-57-41-5)47-63(14,28-22-54-38-2)48-67(18,52-69)32-26-58-42-6/h21-36H2,1-20H3. The summed E-state index contributed by atoms with van der Waals surface area (Å²) in [7, 11) is -16.5. The smallest absolute Gasteiger partial charge is 0.317 e. The molecule has 0 spiro atoms. The molecule has 400 valence electrons. The molecule has 69 heavy (non-hydrogen) atoms. The van der Waals surface area contributed by atoms with E-state index in [2.05, 4.69) is 91.7 Å². The van der Waals surface area contributed by atoms with Crippen LogP contribution in [0.1, 0.15) is 0 Å². The van der Waals surface area contributed by atoms with Gasteiger partial charge in [-0.1, -0.05) is 0 Å². The highest BCUT2D eigenvalue weighted by molar-refractivity contribution is 6.96. The Kier molecular flexibility index (Phi) is 30.0. The summed E-state index contributed by atoms with van der Waals surface area (Å²) in [6.45, 7) is 31.7. The first-order valence-electron chi connectivity index (χ1n) is 24.4. The van der Waals surface area contributed by atoms with Crippen LogP contribution in [0, 0.1) is 0 Å². The van der Waals surface area contributed by atoms with Crippen LogP contribution >= 0.6 is 0 Å². The Hall–Kier alpha value is 3.05. The Labute approximate surface area is 447 Å². The Balaban J connectivity index is 2.38. The second-order valence-electron chi connectivity index (χ2n) is 21.1. The molecule has 0 N–H and O–H groups in total. The maximum atomic E-state index is 7.48. The Bertz CT molecular complexity index is 1320. The maximum Gasteiger partial charge on any atom is 0.317 e. The molecule has 2 rings (SSSR count). The molecule has 2 saturated heterocycles. The third kappa shape index (κ3) is 26.5. The van der Waals surface area contributed by atoms with E-state index < -0.39 is 93.7 Å². The van der Waals surface area contributed by atoms with Crippen LogP contribution in [0.2, 0.25) is 188 Å². The lowest BCUT2D eigenvalue weighted by Crippen LogP contribution is -2.67. The van der Waals surface area contributed by atoms with Gasteiger partial charge in [0.15, 0.2) is 16.6 Å². The molecular formula is C36H92O16Si17. The molecule has 33 heteroatoms. The van der Waals surface area contributed by atoms with Gasteiger partial charge in [-0.3, -0.25) is 0 Å². The average Bonchev–Trinajstić information content (AvgIpc) is 3.18. The van der Waals surface area contributed by atoms with Gasteiger partial charge in [0.2, 0.25) is 58.6 Å². The highest BCUT2D eigenvalue weighted by atomic mass is 28.5. The van der Waals surface area contributed by atoms with Crippen molar-refractivity contribution in [2.45, 2.75) is 188 Å². The van der Waals surface area contributed by atoms with Crippen LogP contribution < -0.4 is 0 Å². The van der Waals surface area contributed by atoms with Crippen LogP contribution in [-0.4, -0.2) is 195 Å².